The van der Waals surface area contributed by atoms with Gasteiger partial charge in [-0.3, -0.25) is 0 Å². The molecular formula is C21H22N2O5. The molecule has 1 aromatic heterocycles. The van der Waals surface area contributed by atoms with Gasteiger partial charge in [-0.2, -0.15) is 0 Å². The summed E-state index contributed by atoms with van der Waals surface area (Å²) >= 11 is 0. The Kier molecular flexibility index (Phi) is 4.89. The number of rotatable bonds is 4. The quantitative estimate of drug-likeness (QED) is 0.672. The zero-order valence-corrected chi connectivity index (χ0v) is 15.6. The third kappa shape index (κ3) is 3.17. The van der Waals surface area contributed by atoms with Crippen molar-refractivity contribution < 1.29 is 24.5 Å². The summed E-state index contributed by atoms with van der Waals surface area (Å²) in [4.78, 5) is 17.0. The Hall–Kier alpha value is -2.74. The lowest BCUT2D eigenvalue weighted by atomic mass is 10.1. The molecule has 0 amide bonds. The first-order valence-electron chi connectivity index (χ1n) is 9.14. The van der Waals surface area contributed by atoms with E-state index in [9.17, 15) is 15.0 Å². The number of carbonyl (C=O) groups excluding carboxylic acids is 1. The summed E-state index contributed by atoms with van der Waals surface area (Å²) in [6.45, 7) is 3.62. The van der Waals surface area contributed by atoms with Gasteiger partial charge in [0.1, 0.15) is 12.2 Å². The van der Waals surface area contributed by atoms with Crippen molar-refractivity contribution in [2.75, 3.05) is 6.61 Å². The summed E-state index contributed by atoms with van der Waals surface area (Å²) in [5.41, 5.74) is 4.17. The second kappa shape index (κ2) is 7.35. The van der Waals surface area contributed by atoms with E-state index < -0.39 is 30.5 Å². The Morgan fingerprint density at radius 1 is 1.21 bits per heavy atom. The van der Waals surface area contributed by atoms with E-state index in [2.05, 4.69) is 4.98 Å². The molecule has 3 aromatic rings. The van der Waals surface area contributed by atoms with Crippen LogP contribution < -0.4 is 0 Å². The van der Waals surface area contributed by atoms with Gasteiger partial charge in [0.15, 0.2) is 12.3 Å². The van der Waals surface area contributed by atoms with E-state index >= 15 is 0 Å². The van der Waals surface area contributed by atoms with Gasteiger partial charge in [-0.25, -0.2) is 9.78 Å². The number of ether oxygens (including phenoxy) is 2. The molecule has 146 valence electrons. The van der Waals surface area contributed by atoms with Crippen LogP contribution in [0.3, 0.4) is 0 Å². The normalized spacial score (nSPS) is 24.6. The highest BCUT2D eigenvalue weighted by Gasteiger charge is 2.47. The Morgan fingerprint density at radius 3 is 2.64 bits per heavy atom. The van der Waals surface area contributed by atoms with Gasteiger partial charge in [-0.05, 0) is 49.2 Å². The topological polar surface area (TPSA) is 93.8 Å². The van der Waals surface area contributed by atoms with E-state index in [4.69, 9.17) is 9.47 Å². The fraction of sp³-hybridized carbons (Fsp3) is 0.333. The van der Waals surface area contributed by atoms with Gasteiger partial charge in [0.2, 0.25) is 0 Å². The number of hydrogen-bond acceptors (Lipinski definition) is 6. The Bertz CT molecular complexity index is 1000. The number of nitrogens with zero attached hydrogens (tertiary/aromatic N) is 2. The predicted molar refractivity (Wildman–Crippen MR) is 102 cm³/mol. The van der Waals surface area contributed by atoms with Gasteiger partial charge in [0, 0.05) is 0 Å². The molecular weight excluding hydrogens is 360 g/mol. The van der Waals surface area contributed by atoms with Crippen LogP contribution >= 0.6 is 0 Å². The van der Waals surface area contributed by atoms with Crippen LogP contribution in [0.25, 0.3) is 11.0 Å². The molecule has 1 unspecified atom stereocenters. The van der Waals surface area contributed by atoms with Crippen LogP contribution in [0.4, 0.5) is 0 Å². The number of aliphatic hydroxyl groups excluding tert-OH is 2. The zero-order chi connectivity index (χ0) is 19.8. The van der Waals surface area contributed by atoms with Crippen molar-refractivity contribution in [1.82, 2.24) is 9.55 Å². The number of carbonyl (C=O) groups is 1. The first-order chi connectivity index (χ1) is 13.5. The van der Waals surface area contributed by atoms with Crippen LogP contribution in [0, 0.1) is 13.8 Å². The lowest BCUT2D eigenvalue weighted by Crippen LogP contribution is -2.37. The van der Waals surface area contributed by atoms with Gasteiger partial charge in [0.25, 0.3) is 0 Å². The minimum Gasteiger partial charge on any atom is -0.451 e. The summed E-state index contributed by atoms with van der Waals surface area (Å²) in [6.07, 6.45) is -2.20. The number of esters is 1. The van der Waals surface area contributed by atoms with Crippen molar-refractivity contribution in [2.24, 2.45) is 0 Å². The molecule has 4 atom stereocenters. The average Bonchev–Trinajstić information content (AvgIpc) is 3.23. The maximum absolute atomic E-state index is 12.5. The first-order valence-corrected chi connectivity index (χ1v) is 9.14. The monoisotopic (exact) mass is 382 g/mol. The van der Waals surface area contributed by atoms with E-state index in [0.29, 0.717) is 5.56 Å². The number of benzene rings is 2. The van der Waals surface area contributed by atoms with E-state index in [1.807, 2.05) is 26.0 Å². The standard InChI is InChI=1S/C21H22N2O5/c1-12-8-15-16(9-13(12)2)23(11-22-15)20-19(18(25)17(10-24)27-20)28-21(26)14-6-4-3-5-7-14/h3-9,11,17-20,24-25H,10H2,1-2H3/t17-,18-,19-,20?/m1/s1. The number of aryl methyl sites for hydroxylation is 2. The van der Waals surface area contributed by atoms with Gasteiger partial charge < -0.3 is 24.3 Å². The van der Waals surface area contributed by atoms with Crippen LogP contribution in [-0.2, 0) is 9.47 Å². The molecule has 0 saturated carbocycles. The molecule has 2 N–H and O–H groups in total. The molecule has 0 bridgehead atoms. The molecule has 2 heterocycles. The van der Waals surface area contributed by atoms with E-state index in [-0.39, 0.29) is 6.61 Å². The molecule has 4 rings (SSSR count). The molecule has 0 aliphatic carbocycles. The summed E-state index contributed by atoms with van der Waals surface area (Å²) in [6, 6.07) is 12.5. The number of imidazole rings is 1. The highest BCUT2D eigenvalue weighted by Crippen LogP contribution is 2.35. The van der Waals surface area contributed by atoms with Crippen molar-refractivity contribution in [2.45, 2.75) is 38.4 Å². The number of aromatic nitrogens is 2. The van der Waals surface area contributed by atoms with Gasteiger partial charge >= 0.3 is 5.97 Å². The van der Waals surface area contributed by atoms with Gasteiger partial charge in [-0.1, -0.05) is 18.2 Å². The third-order valence-corrected chi connectivity index (χ3v) is 5.21. The minimum atomic E-state index is -1.16. The summed E-state index contributed by atoms with van der Waals surface area (Å²) in [5, 5.41) is 20.2. The SMILES string of the molecule is Cc1cc2ncn(C3O[C@H](CO)[C@@H](O)[C@H]3OC(=O)c3ccccc3)c2cc1C. The molecule has 0 radical (unpaired) electrons. The summed E-state index contributed by atoms with van der Waals surface area (Å²) < 4.78 is 13.2. The van der Waals surface area contributed by atoms with Crippen molar-refractivity contribution in [3.05, 3.63) is 65.5 Å². The summed E-state index contributed by atoms with van der Waals surface area (Å²) in [7, 11) is 0. The first kappa shape index (κ1) is 18.6. The molecule has 7 nitrogen and oxygen atoms in total. The third-order valence-electron chi connectivity index (χ3n) is 5.21. The van der Waals surface area contributed by atoms with Crippen molar-refractivity contribution in [3.8, 4) is 0 Å². The minimum absolute atomic E-state index is 0.378. The number of aliphatic hydroxyl groups is 2. The Morgan fingerprint density at radius 2 is 1.93 bits per heavy atom. The van der Waals surface area contributed by atoms with E-state index in [1.54, 1.807) is 41.2 Å². The van der Waals surface area contributed by atoms with Crippen LogP contribution in [0.2, 0.25) is 0 Å². The largest absolute Gasteiger partial charge is 0.451 e. The molecule has 2 aromatic carbocycles. The maximum atomic E-state index is 12.5. The van der Waals surface area contributed by atoms with Crippen LogP contribution in [0.5, 0.6) is 0 Å². The average molecular weight is 382 g/mol. The van der Waals surface area contributed by atoms with Crippen LogP contribution in [0.1, 0.15) is 27.7 Å². The van der Waals surface area contributed by atoms with Crippen molar-refractivity contribution in [3.63, 3.8) is 0 Å². The molecule has 0 spiro atoms. The molecule has 1 fully saturated rings. The van der Waals surface area contributed by atoms with Crippen LogP contribution in [-0.4, -0.2) is 50.7 Å². The Labute approximate surface area is 162 Å². The second-order valence-electron chi connectivity index (χ2n) is 7.05. The van der Waals surface area contributed by atoms with Gasteiger partial charge in [-0.15, -0.1) is 0 Å². The van der Waals surface area contributed by atoms with Crippen LogP contribution in [0.15, 0.2) is 48.8 Å². The molecule has 28 heavy (non-hydrogen) atoms. The van der Waals surface area contributed by atoms with E-state index in [1.165, 1.54) is 0 Å². The fourth-order valence-corrected chi connectivity index (χ4v) is 3.47. The predicted octanol–water partition coefficient (Wildman–Crippen LogP) is 2.13. The lowest BCUT2D eigenvalue weighted by Gasteiger charge is -2.22. The molecule has 1 aliphatic heterocycles. The lowest BCUT2D eigenvalue weighted by molar-refractivity contribution is -0.0562. The molecule has 1 aliphatic rings. The van der Waals surface area contributed by atoms with E-state index in [0.717, 1.165) is 22.2 Å². The van der Waals surface area contributed by atoms with Crippen molar-refractivity contribution in [1.29, 1.82) is 0 Å². The van der Waals surface area contributed by atoms with Gasteiger partial charge in [0.05, 0.1) is 29.5 Å². The fourth-order valence-electron chi connectivity index (χ4n) is 3.47. The second-order valence-corrected chi connectivity index (χ2v) is 7.05. The van der Waals surface area contributed by atoms with Crippen molar-refractivity contribution >= 4 is 17.0 Å². The smallest absolute Gasteiger partial charge is 0.338 e. The molecule has 1 saturated heterocycles. The Balaban J connectivity index is 1.70. The zero-order valence-electron chi connectivity index (χ0n) is 15.6. The summed E-state index contributed by atoms with van der Waals surface area (Å²) in [5.74, 6) is -0.562. The number of fused-ring (bicyclic) bond motifs is 1. The maximum Gasteiger partial charge on any atom is 0.338 e. The molecule has 7 heteroatoms. The highest BCUT2D eigenvalue weighted by atomic mass is 16.6. The number of hydrogen-bond donors (Lipinski definition) is 2. The highest BCUT2D eigenvalue weighted by molar-refractivity contribution is 5.89.